The Bertz CT molecular complexity index is 610. The standard InChI is InChI=1S/C16H21ClN2O2/c1-4-12-16(17)13(19(3)18-12)10-21-15-9-7-6-8-11(15)14(20)5-2/h6-9,14,20H,4-5,10H2,1-3H3/t14-/m0/s1. The molecule has 0 spiro atoms. The summed E-state index contributed by atoms with van der Waals surface area (Å²) in [5, 5.41) is 15.1. The number of aliphatic hydroxyl groups is 1. The van der Waals surface area contributed by atoms with E-state index in [0.29, 0.717) is 23.8 Å². The number of rotatable bonds is 6. The van der Waals surface area contributed by atoms with Crippen molar-refractivity contribution in [1.82, 2.24) is 9.78 Å². The zero-order valence-electron chi connectivity index (χ0n) is 12.6. The summed E-state index contributed by atoms with van der Waals surface area (Å²) in [7, 11) is 1.86. The van der Waals surface area contributed by atoms with Crippen molar-refractivity contribution in [3.8, 4) is 5.75 Å². The molecule has 2 rings (SSSR count). The number of ether oxygens (including phenoxy) is 1. The lowest BCUT2D eigenvalue weighted by Gasteiger charge is -2.15. The summed E-state index contributed by atoms with van der Waals surface area (Å²) in [4.78, 5) is 0. The van der Waals surface area contributed by atoms with Crippen molar-refractivity contribution in [2.45, 2.75) is 39.4 Å². The fraction of sp³-hybridized carbons (Fsp3) is 0.438. The van der Waals surface area contributed by atoms with Gasteiger partial charge in [0.25, 0.3) is 0 Å². The molecule has 0 unspecified atom stereocenters. The second-order valence-corrected chi connectivity index (χ2v) is 5.31. The predicted molar refractivity (Wildman–Crippen MR) is 83.6 cm³/mol. The van der Waals surface area contributed by atoms with E-state index >= 15 is 0 Å². The van der Waals surface area contributed by atoms with Gasteiger partial charge in [-0.2, -0.15) is 5.10 Å². The lowest BCUT2D eigenvalue weighted by Crippen LogP contribution is -2.06. The number of aliphatic hydroxyl groups excluding tert-OH is 1. The number of aromatic nitrogens is 2. The summed E-state index contributed by atoms with van der Waals surface area (Å²) < 4.78 is 7.61. The molecule has 1 atom stereocenters. The molecule has 0 aliphatic carbocycles. The number of benzene rings is 1. The highest BCUT2D eigenvalue weighted by atomic mass is 35.5. The molecule has 0 radical (unpaired) electrons. The van der Waals surface area contributed by atoms with Crippen molar-refractivity contribution in [3.05, 3.63) is 46.2 Å². The van der Waals surface area contributed by atoms with Crippen molar-refractivity contribution in [2.75, 3.05) is 0 Å². The lowest BCUT2D eigenvalue weighted by molar-refractivity contribution is 0.166. The monoisotopic (exact) mass is 308 g/mol. The molecule has 1 N–H and O–H groups in total. The van der Waals surface area contributed by atoms with Crippen LogP contribution in [0, 0.1) is 0 Å². The van der Waals surface area contributed by atoms with Crippen LogP contribution in [0.25, 0.3) is 0 Å². The molecule has 0 saturated carbocycles. The molecule has 0 aliphatic rings. The van der Waals surface area contributed by atoms with Gasteiger partial charge in [0.2, 0.25) is 0 Å². The summed E-state index contributed by atoms with van der Waals surface area (Å²) in [5.74, 6) is 0.683. The molecule has 0 saturated heterocycles. The first kappa shape index (κ1) is 15.9. The van der Waals surface area contributed by atoms with Gasteiger partial charge in [-0.25, -0.2) is 0 Å². The minimum absolute atomic E-state index is 0.329. The van der Waals surface area contributed by atoms with Crippen molar-refractivity contribution >= 4 is 11.6 Å². The summed E-state index contributed by atoms with van der Waals surface area (Å²) in [6.07, 6.45) is 0.916. The van der Waals surface area contributed by atoms with Crippen LogP contribution in [0.5, 0.6) is 5.75 Å². The summed E-state index contributed by atoms with van der Waals surface area (Å²) in [5.41, 5.74) is 2.52. The third kappa shape index (κ3) is 3.39. The molecule has 1 heterocycles. The fourth-order valence-corrected chi connectivity index (χ4v) is 2.58. The van der Waals surface area contributed by atoms with Gasteiger partial charge in [0.1, 0.15) is 12.4 Å². The Morgan fingerprint density at radius 2 is 2.05 bits per heavy atom. The largest absolute Gasteiger partial charge is 0.487 e. The average Bonchev–Trinajstić information content (AvgIpc) is 2.79. The first-order valence-electron chi connectivity index (χ1n) is 7.18. The number of halogens is 1. The molecular weight excluding hydrogens is 288 g/mol. The van der Waals surface area contributed by atoms with Crippen LogP contribution in [0.2, 0.25) is 5.02 Å². The highest BCUT2D eigenvalue weighted by Gasteiger charge is 2.15. The topological polar surface area (TPSA) is 47.3 Å². The van der Waals surface area contributed by atoms with Crippen LogP contribution < -0.4 is 4.74 Å². The average molecular weight is 309 g/mol. The molecule has 5 heteroatoms. The number of hydrogen-bond donors (Lipinski definition) is 1. The zero-order chi connectivity index (χ0) is 15.4. The van der Waals surface area contributed by atoms with Gasteiger partial charge in [-0.3, -0.25) is 4.68 Å². The van der Waals surface area contributed by atoms with Gasteiger partial charge in [-0.1, -0.05) is 43.6 Å². The van der Waals surface area contributed by atoms with Gasteiger partial charge in [0.05, 0.1) is 22.5 Å². The maximum atomic E-state index is 10.0. The quantitative estimate of drug-likeness (QED) is 0.886. The SMILES string of the molecule is CCc1nn(C)c(COc2ccccc2[C@@H](O)CC)c1Cl. The Morgan fingerprint density at radius 1 is 1.33 bits per heavy atom. The molecule has 1 aromatic carbocycles. The van der Waals surface area contributed by atoms with E-state index in [1.807, 2.05) is 45.2 Å². The van der Waals surface area contributed by atoms with E-state index in [1.54, 1.807) is 4.68 Å². The molecular formula is C16H21ClN2O2. The van der Waals surface area contributed by atoms with Crippen molar-refractivity contribution in [3.63, 3.8) is 0 Å². The van der Waals surface area contributed by atoms with Gasteiger partial charge in [0.15, 0.2) is 0 Å². The number of aryl methyl sites for hydroxylation is 2. The normalized spacial score (nSPS) is 12.4. The fourth-order valence-electron chi connectivity index (χ4n) is 2.23. The molecule has 0 amide bonds. The van der Waals surface area contributed by atoms with Gasteiger partial charge in [0, 0.05) is 12.6 Å². The molecule has 0 fully saturated rings. The van der Waals surface area contributed by atoms with Crippen molar-refractivity contribution in [1.29, 1.82) is 0 Å². The van der Waals surface area contributed by atoms with Crippen LogP contribution in [-0.2, 0) is 20.1 Å². The van der Waals surface area contributed by atoms with E-state index in [-0.39, 0.29) is 0 Å². The third-order valence-corrected chi connectivity index (χ3v) is 3.97. The van der Waals surface area contributed by atoms with Gasteiger partial charge < -0.3 is 9.84 Å². The third-order valence-electron chi connectivity index (χ3n) is 3.53. The molecule has 114 valence electrons. The highest BCUT2D eigenvalue weighted by molar-refractivity contribution is 6.31. The zero-order valence-corrected chi connectivity index (χ0v) is 13.4. The predicted octanol–water partition coefficient (Wildman–Crippen LogP) is 3.66. The van der Waals surface area contributed by atoms with Gasteiger partial charge in [-0.05, 0) is 18.9 Å². The molecule has 4 nitrogen and oxygen atoms in total. The smallest absolute Gasteiger partial charge is 0.131 e. The summed E-state index contributed by atoms with van der Waals surface area (Å²) >= 11 is 6.31. The Morgan fingerprint density at radius 3 is 2.67 bits per heavy atom. The molecule has 0 aliphatic heterocycles. The van der Waals surface area contributed by atoms with Crippen LogP contribution in [0.3, 0.4) is 0 Å². The van der Waals surface area contributed by atoms with Crippen LogP contribution in [-0.4, -0.2) is 14.9 Å². The van der Waals surface area contributed by atoms with Crippen LogP contribution in [0.15, 0.2) is 24.3 Å². The molecule has 1 aromatic heterocycles. The molecule has 0 bridgehead atoms. The Labute approximate surface area is 130 Å². The van der Waals surface area contributed by atoms with Gasteiger partial charge in [-0.15, -0.1) is 0 Å². The summed E-state index contributed by atoms with van der Waals surface area (Å²) in [6.45, 7) is 4.29. The Balaban J connectivity index is 2.19. The second kappa shape index (κ2) is 6.96. The first-order chi connectivity index (χ1) is 10.1. The van der Waals surface area contributed by atoms with Crippen molar-refractivity contribution in [2.24, 2.45) is 7.05 Å². The second-order valence-electron chi connectivity index (χ2n) is 4.94. The molecule has 21 heavy (non-hydrogen) atoms. The van der Waals surface area contributed by atoms with E-state index in [2.05, 4.69) is 5.10 Å². The minimum atomic E-state index is -0.519. The molecule has 2 aromatic rings. The number of hydrogen-bond acceptors (Lipinski definition) is 3. The van der Waals surface area contributed by atoms with E-state index in [0.717, 1.165) is 23.4 Å². The van der Waals surface area contributed by atoms with E-state index in [9.17, 15) is 5.11 Å². The van der Waals surface area contributed by atoms with Crippen LogP contribution >= 0.6 is 11.6 Å². The first-order valence-corrected chi connectivity index (χ1v) is 7.56. The maximum Gasteiger partial charge on any atom is 0.131 e. The van der Waals surface area contributed by atoms with E-state index < -0.39 is 6.10 Å². The van der Waals surface area contributed by atoms with Gasteiger partial charge >= 0.3 is 0 Å². The lowest BCUT2D eigenvalue weighted by atomic mass is 10.1. The maximum absolute atomic E-state index is 10.0. The van der Waals surface area contributed by atoms with Crippen LogP contribution in [0.4, 0.5) is 0 Å². The van der Waals surface area contributed by atoms with E-state index in [1.165, 1.54) is 0 Å². The summed E-state index contributed by atoms with van der Waals surface area (Å²) in [6, 6.07) is 7.53. The van der Waals surface area contributed by atoms with Crippen LogP contribution in [0.1, 0.15) is 43.3 Å². The Hall–Kier alpha value is -1.52. The minimum Gasteiger partial charge on any atom is -0.487 e. The number of para-hydroxylation sites is 1. The van der Waals surface area contributed by atoms with Crippen molar-refractivity contribution < 1.29 is 9.84 Å². The Kier molecular flexibility index (Phi) is 5.26. The van der Waals surface area contributed by atoms with E-state index in [4.69, 9.17) is 16.3 Å². The number of nitrogens with zero attached hydrogens (tertiary/aromatic N) is 2. The highest BCUT2D eigenvalue weighted by Crippen LogP contribution is 2.29.